The van der Waals surface area contributed by atoms with E-state index >= 15 is 0 Å². The second-order valence-corrected chi connectivity index (χ2v) is 8.80. The van der Waals surface area contributed by atoms with Crippen molar-refractivity contribution >= 4 is 23.1 Å². The SMILES string of the molecule is COc1ccccc1C1/C(=C(/O)c2ccc(OCC(C)C)cc2)C(=O)C(=O)N1c1ccc(C#N)cc1. The van der Waals surface area contributed by atoms with Crippen molar-refractivity contribution < 1.29 is 24.2 Å². The maximum absolute atomic E-state index is 13.3. The summed E-state index contributed by atoms with van der Waals surface area (Å²) in [4.78, 5) is 28.0. The van der Waals surface area contributed by atoms with Gasteiger partial charge in [-0.3, -0.25) is 14.5 Å². The van der Waals surface area contributed by atoms with Crippen molar-refractivity contribution in [3.05, 3.63) is 95.1 Å². The van der Waals surface area contributed by atoms with Crippen LogP contribution in [0.1, 0.15) is 36.6 Å². The van der Waals surface area contributed by atoms with Gasteiger partial charge >= 0.3 is 0 Å². The van der Waals surface area contributed by atoms with Gasteiger partial charge < -0.3 is 14.6 Å². The Balaban J connectivity index is 1.85. The molecule has 7 heteroatoms. The molecule has 7 nitrogen and oxygen atoms in total. The molecule has 1 amide bonds. The van der Waals surface area contributed by atoms with Crippen molar-refractivity contribution in [1.82, 2.24) is 0 Å². The molecule has 0 aromatic heterocycles. The van der Waals surface area contributed by atoms with Gasteiger partial charge in [0.1, 0.15) is 17.3 Å². The normalized spacial score (nSPS) is 16.8. The van der Waals surface area contributed by atoms with E-state index in [0.29, 0.717) is 46.4 Å². The van der Waals surface area contributed by atoms with E-state index in [2.05, 4.69) is 0 Å². The number of carbonyl (C=O) groups is 2. The molecule has 3 aromatic carbocycles. The quantitative estimate of drug-likeness (QED) is 0.281. The lowest BCUT2D eigenvalue weighted by molar-refractivity contribution is -0.132. The van der Waals surface area contributed by atoms with Crippen LogP contribution in [0, 0.1) is 17.2 Å². The number of carbonyl (C=O) groups excluding carboxylic acids is 2. The Morgan fingerprint density at radius 2 is 1.69 bits per heavy atom. The molecule has 1 saturated heterocycles. The number of amides is 1. The van der Waals surface area contributed by atoms with Gasteiger partial charge in [-0.05, 0) is 60.5 Å². The van der Waals surface area contributed by atoms with Gasteiger partial charge in [-0.1, -0.05) is 32.0 Å². The monoisotopic (exact) mass is 482 g/mol. The van der Waals surface area contributed by atoms with Crippen LogP contribution in [0.15, 0.2) is 78.4 Å². The number of anilines is 1. The number of benzene rings is 3. The second-order valence-electron chi connectivity index (χ2n) is 8.80. The Hall–Kier alpha value is -4.57. The van der Waals surface area contributed by atoms with Gasteiger partial charge in [0.25, 0.3) is 11.7 Å². The molecule has 1 unspecified atom stereocenters. The number of aliphatic hydroxyl groups is 1. The second kappa shape index (κ2) is 10.4. The summed E-state index contributed by atoms with van der Waals surface area (Å²) in [6, 6.07) is 21.2. The van der Waals surface area contributed by atoms with Crippen molar-refractivity contribution in [3.8, 4) is 17.6 Å². The van der Waals surface area contributed by atoms with Crippen molar-refractivity contribution in [3.63, 3.8) is 0 Å². The zero-order valence-electron chi connectivity index (χ0n) is 20.3. The number of hydrogen-bond acceptors (Lipinski definition) is 6. The molecule has 1 aliphatic rings. The first-order chi connectivity index (χ1) is 17.3. The highest BCUT2D eigenvalue weighted by Gasteiger charge is 2.47. The van der Waals surface area contributed by atoms with Crippen molar-refractivity contribution in [2.45, 2.75) is 19.9 Å². The molecule has 0 radical (unpaired) electrons. The van der Waals surface area contributed by atoms with Gasteiger partial charge in [0, 0.05) is 16.8 Å². The third-order valence-electron chi connectivity index (χ3n) is 5.86. The molecule has 36 heavy (non-hydrogen) atoms. The highest BCUT2D eigenvalue weighted by atomic mass is 16.5. The predicted octanol–water partition coefficient (Wildman–Crippen LogP) is 5.23. The average molecular weight is 483 g/mol. The van der Waals surface area contributed by atoms with Gasteiger partial charge in [0.15, 0.2) is 0 Å². The summed E-state index contributed by atoms with van der Waals surface area (Å²) in [5.74, 6) is -0.430. The van der Waals surface area contributed by atoms with Gasteiger partial charge in [0.05, 0.1) is 37.0 Å². The number of aliphatic hydroxyl groups excluding tert-OH is 1. The lowest BCUT2D eigenvalue weighted by atomic mass is 9.94. The Morgan fingerprint density at radius 3 is 2.31 bits per heavy atom. The molecule has 0 aliphatic carbocycles. The molecule has 182 valence electrons. The minimum Gasteiger partial charge on any atom is -0.507 e. The first kappa shape index (κ1) is 24.6. The molecule has 3 aromatic rings. The molecule has 0 spiro atoms. The largest absolute Gasteiger partial charge is 0.507 e. The maximum atomic E-state index is 13.3. The Morgan fingerprint density at radius 1 is 1.03 bits per heavy atom. The first-order valence-corrected chi connectivity index (χ1v) is 11.5. The number of methoxy groups -OCH3 is 1. The van der Waals surface area contributed by atoms with Crippen LogP contribution < -0.4 is 14.4 Å². The van der Waals surface area contributed by atoms with Gasteiger partial charge in [-0.25, -0.2) is 0 Å². The smallest absolute Gasteiger partial charge is 0.300 e. The molecule has 1 fully saturated rings. The highest BCUT2D eigenvalue weighted by Crippen LogP contribution is 2.44. The molecule has 0 saturated carbocycles. The Bertz CT molecular complexity index is 1350. The van der Waals surface area contributed by atoms with E-state index in [4.69, 9.17) is 14.7 Å². The molecule has 1 N–H and O–H groups in total. The van der Waals surface area contributed by atoms with Crippen LogP contribution in [0.25, 0.3) is 5.76 Å². The Labute approximate surface area is 209 Å². The topological polar surface area (TPSA) is 99.9 Å². The fourth-order valence-electron chi connectivity index (χ4n) is 4.11. The summed E-state index contributed by atoms with van der Waals surface area (Å²) in [7, 11) is 1.50. The zero-order valence-corrected chi connectivity index (χ0v) is 20.3. The molecule has 4 rings (SSSR count). The summed E-state index contributed by atoms with van der Waals surface area (Å²) < 4.78 is 11.2. The summed E-state index contributed by atoms with van der Waals surface area (Å²) in [6.07, 6.45) is 0. The van der Waals surface area contributed by atoms with Crippen molar-refractivity contribution in [1.29, 1.82) is 5.26 Å². The lowest BCUT2D eigenvalue weighted by Crippen LogP contribution is -2.29. The number of para-hydroxylation sites is 1. The lowest BCUT2D eigenvalue weighted by Gasteiger charge is -2.26. The van der Waals surface area contributed by atoms with Crippen LogP contribution in [0.5, 0.6) is 11.5 Å². The minimum absolute atomic E-state index is 0.0512. The number of rotatable bonds is 7. The highest BCUT2D eigenvalue weighted by molar-refractivity contribution is 6.51. The first-order valence-electron chi connectivity index (χ1n) is 11.5. The van der Waals surface area contributed by atoms with E-state index in [1.807, 2.05) is 19.9 Å². The van der Waals surface area contributed by atoms with Crippen LogP contribution in [0.2, 0.25) is 0 Å². The third kappa shape index (κ3) is 4.66. The van der Waals surface area contributed by atoms with Crippen LogP contribution in [-0.2, 0) is 9.59 Å². The predicted molar refractivity (Wildman–Crippen MR) is 136 cm³/mol. The van der Waals surface area contributed by atoms with Crippen LogP contribution in [-0.4, -0.2) is 30.5 Å². The molecular weight excluding hydrogens is 456 g/mol. The van der Waals surface area contributed by atoms with Crippen molar-refractivity contribution in [2.24, 2.45) is 5.92 Å². The van der Waals surface area contributed by atoms with Crippen LogP contribution in [0.3, 0.4) is 0 Å². The molecule has 1 aliphatic heterocycles. The number of ketones is 1. The van der Waals surface area contributed by atoms with Gasteiger partial charge in [-0.2, -0.15) is 5.26 Å². The molecule has 1 atom stereocenters. The maximum Gasteiger partial charge on any atom is 0.300 e. The van der Waals surface area contributed by atoms with Gasteiger partial charge in [-0.15, -0.1) is 0 Å². The van der Waals surface area contributed by atoms with E-state index < -0.39 is 17.7 Å². The van der Waals surface area contributed by atoms with E-state index in [1.54, 1.807) is 72.8 Å². The van der Waals surface area contributed by atoms with Crippen molar-refractivity contribution in [2.75, 3.05) is 18.6 Å². The fourth-order valence-corrected chi connectivity index (χ4v) is 4.11. The van der Waals surface area contributed by atoms with Gasteiger partial charge in [0.2, 0.25) is 0 Å². The number of hydrogen-bond donors (Lipinski definition) is 1. The molecule has 1 heterocycles. The molecule has 0 bridgehead atoms. The molecular formula is C29H26N2O5. The Kier molecular flexibility index (Phi) is 7.07. The number of nitrogens with zero attached hydrogens (tertiary/aromatic N) is 2. The number of Topliss-reactive ketones (excluding diaryl/α,β-unsaturated/α-hetero) is 1. The average Bonchev–Trinajstić information content (AvgIpc) is 3.17. The summed E-state index contributed by atoms with van der Waals surface area (Å²) >= 11 is 0. The van der Waals surface area contributed by atoms with E-state index in [-0.39, 0.29) is 11.3 Å². The van der Waals surface area contributed by atoms with E-state index in [9.17, 15) is 14.7 Å². The number of nitriles is 1. The minimum atomic E-state index is -0.939. The summed E-state index contributed by atoms with van der Waals surface area (Å²) in [5, 5.41) is 20.5. The summed E-state index contributed by atoms with van der Waals surface area (Å²) in [5.41, 5.74) is 1.71. The van der Waals surface area contributed by atoms with Crippen LogP contribution >= 0.6 is 0 Å². The standard InChI is InChI=1S/C29H26N2O5/c1-18(2)17-36-22-14-10-20(11-15-22)27(32)25-26(23-6-4-5-7-24(23)35-3)31(29(34)28(25)33)21-12-8-19(16-30)9-13-21/h4-15,18,26,32H,17H2,1-3H3/b27-25-. The van der Waals surface area contributed by atoms with E-state index in [0.717, 1.165) is 0 Å². The summed E-state index contributed by atoms with van der Waals surface area (Å²) in [6.45, 7) is 4.64. The number of ether oxygens (including phenoxy) is 2. The third-order valence-corrected chi connectivity index (χ3v) is 5.86. The van der Waals surface area contributed by atoms with Crippen LogP contribution in [0.4, 0.5) is 5.69 Å². The van der Waals surface area contributed by atoms with E-state index in [1.165, 1.54) is 12.0 Å². The zero-order chi connectivity index (χ0) is 25.8. The fraction of sp³-hybridized carbons (Fsp3) is 0.207.